The van der Waals surface area contributed by atoms with Crippen molar-refractivity contribution in [2.24, 2.45) is 11.8 Å². The van der Waals surface area contributed by atoms with Gasteiger partial charge in [-0.3, -0.25) is 18.9 Å². The topological polar surface area (TPSA) is 212 Å². The van der Waals surface area contributed by atoms with Crippen LogP contribution in [-0.4, -0.2) is 80.3 Å². The quantitative estimate of drug-likeness (QED) is 0.116. The Morgan fingerprint density at radius 3 is 2.30 bits per heavy atom. The second kappa shape index (κ2) is 15.4. The zero-order valence-corrected chi connectivity index (χ0v) is 30.3. The van der Waals surface area contributed by atoms with E-state index >= 15 is 0 Å². The van der Waals surface area contributed by atoms with Crippen LogP contribution in [0.25, 0.3) is 5.52 Å². The molecular formula is C33H46N5O11P. The lowest BCUT2D eigenvalue weighted by molar-refractivity contribution is -0.175. The number of ether oxygens (including phenoxy) is 4. The minimum absolute atomic E-state index is 0.152. The smallest absolute Gasteiger partial charge is 0.459 e. The number of fused-ring (bicyclic) bond motifs is 1. The first kappa shape index (κ1) is 38.7. The lowest BCUT2D eigenvalue weighted by atomic mass is 9.95. The molecule has 1 saturated heterocycles. The number of hydrogen-bond acceptors (Lipinski definition) is 14. The fourth-order valence-electron chi connectivity index (χ4n) is 4.90. The number of rotatable bonds is 15. The molecule has 16 nitrogen and oxygen atoms in total. The van der Waals surface area contributed by atoms with E-state index in [-0.39, 0.29) is 18.2 Å². The van der Waals surface area contributed by atoms with E-state index in [9.17, 15) is 24.1 Å². The third-order valence-corrected chi connectivity index (χ3v) is 9.22. The molecule has 274 valence electrons. The first-order valence-corrected chi connectivity index (χ1v) is 17.7. The summed E-state index contributed by atoms with van der Waals surface area (Å²) in [4.78, 5) is 43.1. The van der Waals surface area contributed by atoms with Crippen molar-refractivity contribution in [3.63, 3.8) is 0 Å². The lowest BCUT2D eigenvalue weighted by Gasteiger charge is -2.33. The van der Waals surface area contributed by atoms with E-state index in [1.807, 2.05) is 0 Å². The molecule has 3 aromatic rings. The number of aliphatic hydroxyl groups is 1. The summed E-state index contributed by atoms with van der Waals surface area (Å²) in [6.07, 6.45) is -2.36. The van der Waals surface area contributed by atoms with Crippen LogP contribution in [-0.2, 0) is 42.4 Å². The average Bonchev–Trinajstić information content (AvgIpc) is 3.58. The Morgan fingerprint density at radius 2 is 1.68 bits per heavy atom. The minimum atomic E-state index is -4.46. The van der Waals surface area contributed by atoms with Crippen LogP contribution in [0.1, 0.15) is 67.2 Å². The van der Waals surface area contributed by atoms with E-state index < -0.39 is 79.7 Å². The number of carbonyl (C=O) groups excluding carboxylic acids is 3. The molecule has 1 aliphatic rings. The van der Waals surface area contributed by atoms with E-state index in [1.54, 1.807) is 77.1 Å². The molecule has 6 atom stereocenters. The van der Waals surface area contributed by atoms with Crippen molar-refractivity contribution in [1.82, 2.24) is 19.7 Å². The van der Waals surface area contributed by atoms with Gasteiger partial charge in [0, 0.05) is 0 Å². The molecule has 0 saturated carbocycles. The molecule has 1 aliphatic heterocycles. The molecular weight excluding hydrogens is 673 g/mol. The fourth-order valence-corrected chi connectivity index (χ4v) is 6.48. The lowest BCUT2D eigenvalue weighted by Crippen LogP contribution is -2.49. The number of nitrogen functional groups attached to an aromatic ring is 1. The summed E-state index contributed by atoms with van der Waals surface area (Å²) < 4.78 is 51.4. The van der Waals surface area contributed by atoms with E-state index in [0.717, 1.165) is 0 Å². The molecule has 1 aromatic carbocycles. The molecule has 1 fully saturated rings. The zero-order chi connectivity index (χ0) is 37.0. The molecule has 0 amide bonds. The molecule has 0 radical (unpaired) electrons. The van der Waals surface area contributed by atoms with Gasteiger partial charge in [0.2, 0.25) is 0 Å². The molecule has 1 unspecified atom stereocenters. The first-order valence-electron chi connectivity index (χ1n) is 16.2. The normalized spacial score (nSPS) is 22.7. The van der Waals surface area contributed by atoms with Crippen LogP contribution in [0.3, 0.4) is 0 Å². The standard InChI is InChI=1S/C33H46N5O11P/c1-19(2)29(39)46-26-25(23-14-15-24-28(34)35-18-36-38(23)24)48-33(8,27(26)47-30(40)20(3)4)17-45-50(43,49-22-12-10-9-11-13-22)37-21(5)31(41)44-16-32(6,7)42/h9-15,18-21,25-27,42H,16-17H2,1-8H3,(H,37,43)(H2,34,35,36)/t21-,25-,26-,27-,33+,50?/m0/s1. The van der Waals surface area contributed by atoms with Crippen LogP contribution in [0.5, 0.6) is 5.75 Å². The molecule has 50 heavy (non-hydrogen) atoms. The van der Waals surface area contributed by atoms with Crippen molar-refractivity contribution in [3.05, 3.63) is 54.5 Å². The van der Waals surface area contributed by atoms with Crippen molar-refractivity contribution < 1.29 is 52.1 Å². The number of nitrogens with zero attached hydrogens (tertiary/aromatic N) is 3. The second-order valence-electron chi connectivity index (χ2n) is 13.6. The summed E-state index contributed by atoms with van der Waals surface area (Å²) in [5.74, 6) is -2.83. The third kappa shape index (κ3) is 9.37. The van der Waals surface area contributed by atoms with Gasteiger partial charge in [0.05, 0.1) is 29.7 Å². The number of esters is 3. The second-order valence-corrected chi connectivity index (χ2v) is 15.3. The van der Waals surface area contributed by atoms with E-state index in [2.05, 4.69) is 15.2 Å². The van der Waals surface area contributed by atoms with Crippen molar-refractivity contribution in [1.29, 1.82) is 0 Å². The summed E-state index contributed by atoms with van der Waals surface area (Å²) in [6.45, 7) is 11.6. The molecule has 3 heterocycles. The number of aromatic nitrogens is 3. The first-order chi connectivity index (χ1) is 23.3. The van der Waals surface area contributed by atoms with Crippen molar-refractivity contribution in [2.75, 3.05) is 18.9 Å². The van der Waals surface area contributed by atoms with Gasteiger partial charge >= 0.3 is 25.7 Å². The van der Waals surface area contributed by atoms with E-state index in [0.29, 0.717) is 11.2 Å². The highest BCUT2D eigenvalue weighted by Gasteiger charge is 2.59. The number of hydrogen-bond donors (Lipinski definition) is 3. The van der Waals surface area contributed by atoms with Crippen molar-refractivity contribution >= 4 is 37.0 Å². The van der Waals surface area contributed by atoms with Gasteiger partial charge in [-0.2, -0.15) is 10.2 Å². The van der Waals surface area contributed by atoms with Crippen LogP contribution in [0.15, 0.2) is 48.8 Å². The molecule has 2 aromatic heterocycles. The number of anilines is 1. The summed E-state index contributed by atoms with van der Waals surface area (Å²) in [5.41, 5.74) is 3.99. The Balaban J connectivity index is 1.73. The maximum atomic E-state index is 14.4. The fraction of sp³-hybridized carbons (Fsp3) is 0.545. The summed E-state index contributed by atoms with van der Waals surface area (Å²) in [7, 11) is -4.46. The SMILES string of the molecule is CC(C)C(=O)O[C@H]1[C@H](c2ccc3c(N)ncnn23)O[C@](C)(COP(=O)(N[C@@H](C)C(=O)OCC(C)(C)O)Oc2ccccc2)[C@H]1OC(=O)C(C)C. The summed E-state index contributed by atoms with van der Waals surface area (Å²) in [5, 5.41) is 16.9. The van der Waals surface area contributed by atoms with Crippen LogP contribution in [0.2, 0.25) is 0 Å². The number of nitrogens with one attached hydrogen (secondary N) is 1. The number of nitrogens with two attached hydrogens (primary N) is 1. The van der Waals surface area contributed by atoms with Gasteiger partial charge in [0.25, 0.3) is 0 Å². The number of carbonyl (C=O) groups is 3. The predicted octanol–water partition coefficient (Wildman–Crippen LogP) is 3.77. The number of benzene rings is 1. The predicted molar refractivity (Wildman–Crippen MR) is 180 cm³/mol. The van der Waals surface area contributed by atoms with Crippen LogP contribution < -0.4 is 15.3 Å². The highest BCUT2D eigenvalue weighted by molar-refractivity contribution is 7.52. The monoisotopic (exact) mass is 719 g/mol. The summed E-state index contributed by atoms with van der Waals surface area (Å²) >= 11 is 0. The van der Waals surface area contributed by atoms with Crippen molar-refractivity contribution in [3.8, 4) is 5.75 Å². The molecule has 4 rings (SSSR count). The van der Waals surface area contributed by atoms with Gasteiger partial charge in [-0.25, -0.2) is 14.1 Å². The molecule has 4 N–H and O–H groups in total. The minimum Gasteiger partial charge on any atom is -0.461 e. The van der Waals surface area contributed by atoms with Gasteiger partial charge in [-0.1, -0.05) is 45.9 Å². The maximum Gasteiger partial charge on any atom is 0.459 e. The highest BCUT2D eigenvalue weighted by Crippen LogP contribution is 2.50. The van der Waals surface area contributed by atoms with Gasteiger partial charge in [-0.15, -0.1) is 0 Å². The number of para-hydroxylation sites is 1. The van der Waals surface area contributed by atoms with Gasteiger partial charge in [0.1, 0.15) is 41.9 Å². The van der Waals surface area contributed by atoms with Gasteiger partial charge in [-0.05, 0) is 52.0 Å². The average molecular weight is 720 g/mol. The Labute approximate surface area is 290 Å². The van der Waals surface area contributed by atoms with Crippen molar-refractivity contribution in [2.45, 2.75) is 90.9 Å². The molecule has 0 bridgehead atoms. The largest absolute Gasteiger partial charge is 0.461 e. The van der Waals surface area contributed by atoms with E-state index in [4.69, 9.17) is 33.7 Å². The molecule has 17 heteroatoms. The maximum absolute atomic E-state index is 14.4. The Morgan fingerprint density at radius 1 is 1.04 bits per heavy atom. The van der Waals surface area contributed by atoms with Gasteiger partial charge < -0.3 is 34.3 Å². The van der Waals surface area contributed by atoms with Crippen LogP contribution in [0, 0.1) is 11.8 Å². The molecule has 0 aliphatic carbocycles. The third-order valence-electron chi connectivity index (χ3n) is 7.60. The molecule has 0 spiro atoms. The van der Waals surface area contributed by atoms with Gasteiger partial charge in [0.15, 0.2) is 18.0 Å². The zero-order valence-electron chi connectivity index (χ0n) is 29.4. The Kier molecular flexibility index (Phi) is 12.0. The Hall–Kier alpha value is -4.08. The Bertz CT molecular complexity index is 1710. The van der Waals surface area contributed by atoms with E-state index in [1.165, 1.54) is 31.6 Å². The van der Waals surface area contributed by atoms with Crippen LogP contribution in [0.4, 0.5) is 5.82 Å². The highest BCUT2D eigenvalue weighted by atomic mass is 31.2. The summed E-state index contributed by atoms with van der Waals surface area (Å²) in [6, 6.07) is 10.2. The van der Waals surface area contributed by atoms with Crippen LogP contribution >= 0.6 is 7.75 Å².